The van der Waals surface area contributed by atoms with Gasteiger partial charge in [0.25, 0.3) is 0 Å². The van der Waals surface area contributed by atoms with E-state index in [-0.39, 0.29) is 11.9 Å². The first kappa shape index (κ1) is 10.4. The van der Waals surface area contributed by atoms with E-state index in [0.717, 1.165) is 25.2 Å². The zero-order valence-electron chi connectivity index (χ0n) is 9.16. The fraction of sp³-hybridized carbons (Fsp3) is 0.500. The Bertz CT molecular complexity index is 353. The van der Waals surface area contributed by atoms with Gasteiger partial charge in [0, 0.05) is 25.9 Å². The summed E-state index contributed by atoms with van der Waals surface area (Å²) in [5, 5.41) is 0. The lowest BCUT2D eigenvalue weighted by Crippen LogP contribution is -2.22. The van der Waals surface area contributed by atoms with Crippen LogP contribution in [0.4, 0.5) is 10.1 Å². The van der Waals surface area contributed by atoms with Crippen LogP contribution in [0.25, 0.3) is 0 Å². The summed E-state index contributed by atoms with van der Waals surface area (Å²) in [7, 11) is 1.73. The zero-order valence-corrected chi connectivity index (χ0v) is 9.16. The highest BCUT2D eigenvalue weighted by Gasteiger charge is 2.22. The molecule has 0 aliphatic carbocycles. The first-order valence-electron chi connectivity index (χ1n) is 5.24. The van der Waals surface area contributed by atoms with E-state index in [1.54, 1.807) is 20.1 Å². The predicted octanol–water partition coefficient (Wildman–Crippen LogP) is 2.36. The molecule has 0 N–H and O–H groups in total. The molecule has 1 aliphatic rings. The molecule has 1 heterocycles. The molecule has 1 aromatic carbocycles. The number of hydrogen-bond donors (Lipinski definition) is 0. The van der Waals surface area contributed by atoms with Crippen molar-refractivity contribution in [2.75, 3.05) is 25.1 Å². The molecule has 1 aliphatic heterocycles. The van der Waals surface area contributed by atoms with Gasteiger partial charge in [0.05, 0.1) is 6.10 Å². The lowest BCUT2D eigenvalue weighted by Gasteiger charge is -2.18. The molecule has 1 aromatic rings. The molecule has 0 saturated carbocycles. The molecule has 2 rings (SSSR count). The Hall–Kier alpha value is -1.09. The fourth-order valence-corrected chi connectivity index (χ4v) is 1.93. The van der Waals surface area contributed by atoms with E-state index in [0.29, 0.717) is 5.56 Å². The minimum Gasteiger partial charge on any atom is -0.380 e. The number of benzene rings is 1. The first-order chi connectivity index (χ1) is 7.20. The predicted molar refractivity (Wildman–Crippen MR) is 58.8 cm³/mol. The van der Waals surface area contributed by atoms with Gasteiger partial charge in [-0.3, -0.25) is 0 Å². The van der Waals surface area contributed by atoms with Gasteiger partial charge in [-0.1, -0.05) is 6.07 Å². The molecule has 0 unspecified atom stereocenters. The van der Waals surface area contributed by atoms with Gasteiger partial charge in [-0.2, -0.15) is 0 Å². The van der Waals surface area contributed by atoms with Crippen molar-refractivity contribution in [2.24, 2.45) is 0 Å². The summed E-state index contributed by atoms with van der Waals surface area (Å²) < 4.78 is 18.6. The molecule has 1 saturated heterocycles. The Morgan fingerprint density at radius 2 is 2.27 bits per heavy atom. The smallest absolute Gasteiger partial charge is 0.128 e. The highest BCUT2D eigenvalue weighted by atomic mass is 19.1. The van der Waals surface area contributed by atoms with Crippen molar-refractivity contribution in [3.63, 3.8) is 0 Å². The van der Waals surface area contributed by atoms with Crippen LogP contribution in [0.5, 0.6) is 0 Å². The summed E-state index contributed by atoms with van der Waals surface area (Å²) in [6, 6.07) is 5.40. The van der Waals surface area contributed by atoms with Crippen molar-refractivity contribution in [1.29, 1.82) is 0 Å². The molecular formula is C12H16FNO. The standard InChI is InChI=1S/C12H16FNO/c1-9-3-4-10(7-12(9)13)14-6-5-11(8-14)15-2/h3-4,7,11H,5-6,8H2,1-2H3/t11-/m1/s1. The second kappa shape index (κ2) is 4.19. The highest BCUT2D eigenvalue weighted by molar-refractivity contribution is 5.49. The lowest BCUT2D eigenvalue weighted by atomic mass is 10.2. The van der Waals surface area contributed by atoms with Crippen molar-refractivity contribution in [1.82, 2.24) is 0 Å². The average Bonchev–Trinajstić information content (AvgIpc) is 2.70. The Kier molecular flexibility index (Phi) is 2.91. The van der Waals surface area contributed by atoms with E-state index >= 15 is 0 Å². The van der Waals surface area contributed by atoms with E-state index in [1.165, 1.54) is 0 Å². The summed E-state index contributed by atoms with van der Waals surface area (Å²) >= 11 is 0. The summed E-state index contributed by atoms with van der Waals surface area (Å²) in [6.45, 7) is 3.58. The second-order valence-electron chi connectivity index (χ2n) is 4.03. The van der Waals surface area contributed by atoms with E-state index in [2.05, 4.69) is 4.90 Å². The van der Waals surface area contributed by atoms with E-state index in [9.17, 15) is 4.39 Å². The molecule has 82 valence electrons. The molecular weight excluding hydrogens is 193 g/mol. The molecule has 1 fully saturated rings. The van der Waals surface area contributed by atoms with Crippen LogP contribution in [0.3, 0.4) is 0 Å². The maximum Gasteiger partial charge on any atom is 0.128 e. The number of rotatable bonds is 2. The minimum absolute atomic E-state index is 0.131. The fourth-order valence-electron chi connectivity index (χ4n) is 1.93. The zero-order chi connectivity index (χ0) is 10.8. The van der Waals surface area contributed by atoms with Crippen LogP contribution in [0.2, 0.25) is 0 Å². The number of ether oxygens (including phenoxy) is 1. The molecule has 0 amide bonds. The van der Waals surface area contributed by atoms with Crippen molar-refractivity contribution in [3.8, 4) is 0 Å². The van der Waals surface area contributed by atoms with Crippen LogP contribution >= 0.6 is 0 Å². The number of halogens is 1. The number of aryl methyl sites for hydroxylation is 1. The molecule has 3 heteroatoms. The molecule has 0 radical (unpaired) electrons. The summed E-state index contributed by atoms with van der Waals surface area (Å²) in [6.07, 6.45) is 1.31. The molecule has 2 nitrogen and oxygen atoms in total. The minimum atomic E-state index is -0.131. The monoisotopic (exact) mass is 209 g/mol. The van der Waals surface area contributed by atoms with Gasteiger partial charge in [0.15, 0.2) is 0 Å². The SMILES string of the molecule is CO[C@@H]1CCN(c2ccc(C)c(F)c2)C1. The van der Waals surface area contributed by atoms with Crippen molar-refractivity contribution >= 4 is 5.69 Å². The summed E-state index contributed by atoms with van der Waals surface area (Å²) in [5.41, 5.74) is 1.65. The number of hydrogen-bond acceptors (Lipinski definition) is 2. The third-order valence-corrected chi connectivity index (χ3v) is 3.00. The van der Waals surface area contributed by atoms with Crippen molar-refractivity contribution in [2.45, 2.75) is 19.4 Å². The van der Waals surface area contributed by atoms with Crippen LogP contribution in [0.15, 0.2) is 18.2 Å². The van der Waals surface area contributed by atoms with Crippen LogP contribution in [-0.4, -0.2) is 26.3 Å². The van der Waals surface area contributed by atoms with Gasteiger partial charge in [-0.05, 0) is 31.0 Å². The van der Waals surface area contributed by atoms with Crippen molar-refractivity contribution < 1.29 is 9.13 Å². The van der Waals surface area contributed by atoms with Crippen LogP contribution in [0, 0.1) is 12.7 Å². The molecule has 0 bridgehead atoms. The third kappa shape index (κ3) is 2.12. The third-order valence-electron chi connectivity index (χ3n) is 3.00. The molecule has 0 aromatic heterocycles. The van der Waals surface area contributed by atoms with E-state index < -0.39 is 0 Å². The Morgan fingerprint density at radius 3 is 2.87 bits per heavy atom. The van der Waals surface area contributed by atoms with Gasteiger partial charge in [-0.15, -0.1) is 0 Å². The molecule has 1 atom stereocenters. The number of anilines is 1. The maximum atomic E-state index is 13.4. The Labute approximate surface area is 89.7 Å². The quantitative estimate of drug-likeness (QED) is 0.741. The maximum absolute atomic E-state index is 13.4. The largest absolute Gasteiger partial charge is 0.380 e. The Balaban J connectivity index is 2.13. The van der Waals surface area contributed by atoms with Gasteiger partial charge in [0.2, 0.25) is 0 Å². The van der Waals surface area contributed by atoms with Crippen molar-refractivity contribution in [3.05, 3.63) is 29.6 Å². The van der Waals surface area contributed by atoms with Crippen LogP contribution in [0.1, 0.15) is 12.0 Å². The van der Waals surface area contributed by atoms with E-state index in [4.69, 9.17) is 4.74 Å². The summed E-state index contributed by atoms with van der Waals surface area (Å²) in [5.74, 6) is -0.131. The second-order valence-corrected chi connectivity index (χ2v) is 4.03. The highest BCUT2D eigenvalue weighted by Crippen LogP contribution is 2.23. The lowest BCUT2D eigenvalue weighted by molar-refractivity contribution is 0.121. The number of nitrogens with zero attached hydrogens (tertiary/aromatic N) is 1. The normalized spacial score (nSPS) is 21.0. The van der Waals surface area contributed by atoms with E-state index in [1.807, 2.05) is 12.1 Å². The van der Waals surface area contributed by atoms with Gasteiger partial charge >= 0.3 is 0 Å². The topological polar surface area (TPSA) is 12.5 Å². The van der Waals surface area contributed by atoms with Crippen LogP contribution < -0.4 is 4.90 Å². The van der Waals surface area contributed by atoms with Gasteiger partial charge in [-0.25, -0.2) is 4.39 Å². The summed E-state index contributed by atoms with van der Waals surface area (Å²) in [4.78, 5) is 2.16. The molecule has 0 spiro atoms. The first-order valence-corrected chi connectivity index (χ1v) is 5.24. The molecule has 15 heavy (non-hydrogen) atoms. The van der Waals surface area contributed by atoms with Crippen LogP contribution in [-0.2, 0) is 4.74 Å². The van der Waals surface area contributed by atoms with Gasteiger partial charge in [0.1, 0.15) is 5.82 Å². The number of methoxy groups -OCH3 is 1. The Morgan fingerprint density at radius 1 is 1.47 bits per heavy atom. The average molecular weight is 209 g/mol. The van der Waals surface area contributed by atoms with Gasteiger partial charge < -0.3 is 9.64 Å².